The van der Waals surface area contributed by atoms with Crippen LogP contribution in [0.25, 0.3) is 0 Å². The van der Waals surface area contributed by atoms with E-state index in [9.17, 15) is 9.59 Å². The fraction of sp³-hybridized carbons (Fsp3) is 0.545. The molecule has 0 aliphatic rings. The van der Waals surface area contributed by atoms with Crippen LogP contribution in [0.5, 0.6) is 0 Å². The lowest BCUT2D eigenvalue weighted by atomic mass is 10.0. The number of nitrogens with one attached hydrogen (secondary N) is 2. The second kappa shape index (κ2) is 6.95. The first-order chi connectivity index (χ1) is 8.54. The Morgan fingerprint density at radius 3 is 2.72 bits per heavy atom. The molecule has 2 amide bonds. The van der Waals surface area contributed by atoms with Gasteiger partial charge in [-0.2, -0.15) is 0 Å². The Hall–Kier alpha value is -1.63. The number of ether oxygens (including phenoxy) is 1. The fourth-order valence-corrected chi connectivity index (χ4v) is 1.83. The smallest absolute Gasteiger partial charge is 0.407 e. The van der Waals surface area contributed by atoms with Crippen molar-refractivity contribution in [3.05, 3.63) is 11.6 Å². The molecule has 1 unspecified atom stereocenters. The minimum atomic E-state index is -0.645. The lowest BCUT2D eigenvalue weighted by Crippen LogP contribution is -2.47. The fourth-order valence-electron chi connectivity index (χ4n) is 1.30. The van der Waals surface area contributed by atoms with Gasteiger partial charge in [0.15, 0.2) is 5.13 Å². The van der Waals surface area contributed by atoms with Crippen LogP contribution in [0, 0.1) is 5.92 Å². The van der Waals surface area contributed by atoms with Gasteiger partial charge in [-0.15, -0.1) is 11.3 Å². The van der Waals surface area contributed by atoms with E-state index in [-0.39, 0.29) is 18.4 Å². The van der Waals surface area contributed by atoms with Crippen LogP contribution in [-0.4, -0.2) is 29.6 Å². The molecule has 1 rings (SSSR count). The van der Waals surface area contributed by atoms with E-state index < -0.39 is 12.1 Å². The van der Waals surface area contributed by atoms with E-state index >= 15 is 0 Å². The summed E-state index contributed by atoms with van der Waals surface area (Å²) in [5.74, 6) is -0.345. The molecule has 1 aromatic rings. The molecule has 0 aliphatic heterocycles. The molecule has 0 saturated heterocycles. The van der Waals surface area contributed by atoms with Gasteiger partial charge in [-0.1, -0.05) is 13.8 Å². The normalized spacial score (nSPS) is 12.0. The molecule has 1 atom stereocenters. The second-order valence-corrected chi connectivity index (χ2v) is 4.81. The van der Waals surface area contributed by atoms with E-state index in [0.717, 1.165) is 0 Å². The van der Waals surface area contributed by atoms with Crippen LogP contribution in [0.4, 0.5) is 9.93 Å². The summed E-state index contributed by atoms with van der Waals surface area (Å²) >= 11 is 1.32. The summed E-state index contributed by atoms with van der Waals surface area (Å²) in [5.41, 5.74) is 0. The van der Waals surface area contributed by atoms with Crippen molar-refractivity contribution >= 4 is 28.5 Å². The summed E-state index contributed by atoms with van der Waals surface area (Å²) in [6.07, 6.45) is 1.01. The molecular weight excluding hydrogens is 254 g/mol. The summed E-state index contributed by atoms with van der Waals surface area (Å²) in [7, 11) is 0. The van der Waals surface area contributed by atoms with Crippen molar-refractivity contribution in [2.75, 3.05) is 11.9 Å². The molecular formula is C11H17N3O3S. The summed E-state index contributed by atoms with van der Waals surface area (Å²) in [4.78, 5) is 27.3. The van der Waals surface area contributed by atoms with Crippen molar-refractivity contribution in [3.63, 3.8) is 0 Å². The maximum atomic E-state index is 12.0. The number of rotatable bonds is 5. The third-order valence-corrected chi connectivity index (χ3v) is 2.85. The van der Waals surface area contributed by atoms with Crippen molar-refractivity contribution in [2.24, 2.45) is 5.92 Å². The van der Waals surface area contributed by atoms with Crippen LogP contribution in [0.1, 0.15) is 20.8 Å². The van der Waals surface area contributed by atoms with Gasteiger partial charge < -0.3 is 15.4 Å². The number of alkyl carbamates (subject to hydrolysis) is 1. The summed E-state index contributed by atoms with van der Waals surface area (Å²) in [6.45, 7) is 5.67. The number of aromatic nitrogens is 1. The predicted octanol–water partition coefficient (Wildman–Crippen LogP) is 1.85. The Balaban J connectivity index is 2.61. The quantitative estimate of drug-likeness (QED) is 0.856. The van der Waals surface area contributed by atoms with Gasteiger partial charge in [0.05, 0.1) is 6.61 Å². The first-order valence-electron chi connectivity index (χ1n) is 5.68. The van der Waals surface area contributed by atoms with Crippen LogP contribution >= 0.6 is 11.3 Å². The standard InChI is InChI=1S/C11H17N3O3S/c1-4-17-11(16)13-8(7(2)3)9(15)14-10-12-5-6-18-10/h5-8H,4H2,1-3H3,(H,13,16)(H,12,14,15). The third-order valence-electron chi connectivity index (χ3n) is 2.16. The summed E-state index contributed by atoms with van der Waals surface area (Å²) in [6, 6.07) is -0.645. The monoisotopic (exact) mass is 271 g/mol. The maximum Gasteiger partial charge on any atom is 0.407 e. The Morgan fingerprint density at radius 2 is 2.22 bits per heavy atom. The Bertz CT molecular complexity index is 392. The topological polar surface area (TPSA) is 80.3 Å². The number of hydrogen-bond donors (Lipinski definition) is 2. The van der Waals surface area contributed by atoms with E-state index in [1.165, 1.54) is 11.3 Å². The number of thiazole rings is 1. The molecule has 2 N–H and O–H groups in total. The average molecular weight is 271 g/mol. The Kier molecular flexibility index (Phi) is 5.57. The zero-order chi connectivity index (χ0) is 13.5. The zero-order valence-corrected chi connectivity index (χ0v) is 11.4. The van der Waals surface area contributed by atoms with Gasteiger partial charge in [0.25, 0.3) is 0 Å². The highest BCUT2D eigenvalue weighted by atomic mass is 32.1. The summed E-state index contributed by atoms with van der Waals surface area (Å²) < 4.78 is 4.76. The molecule has 0 radical (unpaired) electrons. The Morgan fingerprint density at radius 1 is 1.50 bits per heavy atom. The molecule has 1 heterocycles. The molecule has 0 bridgehead atoms. The van der Waals surface area contributed by atoms with Crippen molar-refractivity contribution in [1.82, 2.24) is 10.3 Å². The molecule has 0 aromatic carbocycles. The minimum Gasteiger partial charge on any atom is -0.450 e. The molecule has 0 fully saturated rings. The third kappa shape index (κ3) is 4.33. The first-order valence-corrected chi connectivity index (χ1v) is 6.56. The lowest BCUT2D eigenvalue weighted by Gasteiger charge is -2.20. The summed E-state index contributed by atoms with van der Waals surface area (Å²) in [5, 5.41) is 7.46. The SMILES string of the molecule is CCOC(=O)NC(C(=O)Nc1nccs1)C(C)C. The van der Waals surface area contributed by atoms with Gasteiger partial charge in [0.1, 0.15) is 6.04 Å². The highest BCUT2D eigenvalue weighted by Gasteiger charge is 2.25. The molecule has 7 heteroatoms. The predicted molar refractivity (Wildman–Crippen MR) is 69.5 cm³/mol. The number of hydrogen-bond acceptors (Lipinski definition) is 5. The molecule has 18 heavy (non-hydrogen) atoms. The highest BCUT2D eigenvalue weighted by Crippen LogP contribution is 2.12. The van der Waals surface area contributed by atoms with Gasteiger partial charge in [0, 0.05) is 11.6 Å². The number of anilines is 1. The van der Waals surface area contributed by atoms with Crippen molar-refractivity contribution < 1.29 is 14.3 Å². The molecule has 100 valence electrons. The van der Waals surface area contributed by atoms with E-state index in [2.05, 4.69) is 15.6 Å². The van der Waals surface area contributed by atoms with Crippen LogP contribution in [-0.2, 0) is 9.53 Å². The molecule has 6 nitrogen and oxygen atoms in total. The van der Waals surface area contributed by atoms with Gasteiger partial charge in [-0.3, -0.25) is 4.79 Å². The molecule has 0 aliphatic carbocycles. The molecule has 0 saturated carbocycles. The maximum absolute atomic E-state index is 12.0. The number of carbonyl (C=O) groups is 2. The van der Waals surface area contributed by atoms with E-state index in [1.54, 1.807) is 18.5 Å². The van der Waals surface area contributed by atoms with Crippen LogP contribution in [0.15, 0.2) is 11.6 Å². The van der Waals surface area contributed by atoms with Crippen molar-refractivity contribution in [1.29, 1.82) is 0 Å². The lowest BCUT2D eigenvalue weighted by molar-refractivity contribution is -0.119. The van der Waals surface area contributed by atoms with E-state index in [1.807, 2.05) is 13.8 Å². The first kappa shape index (κ1) is 14.4. The van der Waals surface area contributed by atoms with Gasteiger partial charge in [-0.25, -0.2) is 9.78 Å². The van der Waals surface area contributed by atoms with Gasteiger partial charge in [-0.05, 0) is 12.8 Å². The minimum absolute atomic E-state index is 0.0469. The largest absolute Gasteiger partial charge is 0.450 e. The number of amides is 2. The van der Waals surface area contributed by atoms with Crippen LogP contribution in [0.3, 0.4) is 0 Å². The number of carbonyl (C=O) groups excluding carboxylic acids is 2. The van der Waals surface area contributed by atoms with Crippen LogP contribution in [0.2, 0.25) is 0 Å². The average Bonchev–Trinajstić information content (AvgIpc) is 2.78. The highest BCUT2D eigenvalue weighted by molar-refractivity contribution is 7.13. The van der Waals surface area contributed by atoms with Crippen molar-refractivity contribution in [3.8, 4) is 0 Å². The van der Waals surface area contributed by atoms with E-state index in [0.29, 0.717) is 5.13 Å². The van der Waals surface area contributed by atoms with Gasteiger partial charge in [0.2, 0.25) is 5.91 Å². The molecule has 1 aromatic heterocycles. The van der Waals surface area contributed by atoms with Crippen molar-refractivity contribution in [2.45, 2.75) is 26.8 Å². The Labute approximate surface area is 110 Å². The van der Waals surface area contributed by atoms with E-state index in [4.69, 9.17) is 4.74 Å². The molecule has 0 spiro atoms. The van der Waals surface area contributed by atoms with Crippen LogP contribution < -0.4 is 10.6 Å². The number of nitrogens with zero attached hydrogens (tertiary/aromatic N) is 1. The second-order valence-electron chi connectivity index (χ2n) is 3.91. The van der Waals surface area contributed by atoms with Gasteiger partial charge >= 0.3 is 6.09 Å². The zero-order valence-electron chi connectivity index (χ0n) is 10.6.